The molecule has 0 unspecified atom stereocenters. The summed E-state index contributed by atoms with van der Waals surface area (Å²) in [7, 11) is 0. The Bertz CT molecular complexity index is 2900. The topological polar surface area (TPSA) is 3.24 Å². The Morgan fingerprint density at radius 2 is 0.923 bits per heavy atom. The van der Waals surface area contributed by atoms with Crippen LogP contribution in [-0.4, -0.2) is 0 Å². The quantitative estimate of drug-likeness (QED) is 0.169. The summed E-state index contributed by atoms with van der Waals surface area (Å²) in [6.07, 6.45) is 0. The van der Waals surface area contributed by atoms with Crippen LogP contribution < -0.4 is 4.90 Å². The Labute approximate surface area is 307 Å². The lowest BCUT2D eigenvalue weighted by molar-refractivity contribution is 1.30. The third-order valence-electron chi connectivity index (χ3n) is 10.3. The SMILES string of the molecule is c1ccc(-c2cccc3ccc(-c4ccc(N(c5ccccc5-c5cccc6ccccc56)c5cccc6c5sc5ccccc56)cc4)cc23)cc1. The summed E-state index contributed by atoms with van der Waals surface area (Å²) < 4.78 is 2.58. The lowest BCUT2D eigenvalue weighted by atomic mass is 9.94. The molecule has 0 saturated heterocycles. The van der Waals surface area contributed by atoms with Gasteiger partial charge in [-0.05, 0) is 85.8 Å². The van der Waals surface area contributed by atoms with Crippen molar-refractivity contribution in [3.8, 4) is 33.4 Å². The van der Waals surface area contributed by atoms with E-state index in [4.69, 9.17) is 0 Å². The summed E-state index contributed by atoms with van der Waals surface area (Å²) in [4.78, 5) is 2.46. The van der Waals surface area contributed by atoms with Gasteiger partial charge in [0.15, 0.2) is 0 Å². The second kappa shape index (κ2) is 12.7. The third-order valence-corrected chi connectivity index (χ3v) is 11.5. The summed E-state index contributed by atoms with van der Waals surface area (Å²) in [5.41, 5.74) is 10.8. The van der Waals surface area contributed by atoms with E-state index in [0.29, 0.717) is 0 Å². The molecule has 1 heterocycles. The van der Waals surface area contributed by atoms with Crippen LogP contribution in [0.5, 0.6) is 0 Å². The van der Waals surface area contributed by atoms with E-state index in [1.165, 1.54) is 80.8 Å². The van der Waals surface area contributed by atoms with Crippen LogP contribution in [0.25, 0.3) is 75.1 Å². The van der Waals surface area contributed by atoms with Crippen LogP contribution in [0.15, 0.2) is 200 Å². The second-order valence-corrected chi connectivity index (χ2v) is 14.3. The number of hydrogen-bond acceptors (Lipinski definition) is 2. The highest BCUT2D eigenvalue weighted by molar-refractivity contribution is 7.26. The number of fused-ring (bicyclic) bond motifs is 5. The maximum Gasteiger partial charge on any atom is 0.0640 e. The van der Waals surface area contributed by atoms with E-state index >= 15 is 0 Å². The van der Waals surface area contributed by atoms with Gasteiger partial charge in [-0.3, -0.25) is 0 Å². The van der Waals surface area contributed by atoms with Gasteiger partial charge in [-0.2, -0.15) is 0 Å². The average Bonchev–Trinajstić information content (AvgIpc) is 3.61. The Morgan fingerprint density at radius 3 is 1.79 bits per heavy atom. The van der Waals surface area contributed by atoms with E-state index in [9.17, 15) is 0 Å². The highest BCUT2D eigenvalue weighted by Crippen LogP contribution is 2.48. The van der Waals surface area contributed by atoms with Gasteiger partial charge < -0.3 is 4.90 Å². The molecule has 0 spiro atoms. The van der Waals surface area contributed by atoms with Crippen LogP contribution in [-0.2, 0) is 0 Å². The molecule has 0 aliphatic heterocycles. The van der Waals surface area contributed by atoms with Crippen LogP contribution in [0.1, 0.15) is 0 Å². The first kappa shape index (κ1) is 30.4. The van der Waals surface area contributed by atoms with Crippen LogP contribution in [0.3, 0.4) is 0 Å². The van der Waals surface area contributed by atoms with Crippen molar-refractivity contribution in [1.29, 1.82) is 0 Å². The largest absolute Gasteiger partial charge is 0.308 e. The number of rotatable bonds is 6. The number of nitrogens with zero attached hydrogens (tertiary/aromatic N) is 1. The van der Waals surface area contributed by atoms with E-state index in [2.05, 4.69) is 205 Å². The Kier molecular flexibility index (Phi) is 7.41. The average molecular weight is 680 g/mol. The van der Waals surface area contributed by atoms with Gasteiger partial charge in [0.25, 0.3) is 0 Å². The van der Waals surface area contributed by atoms with Crippen molar-refractivity contribution in [3.63, 3.8) is 0 Å². The fourth-order valence-corrected chi connectivity index (χ4v) is 9.00. The van der Waals surface area contributed by atoms with Gasteiger partial charge in [0.1, 0.15) is 0 Å². The van der Waals surface area contributed by atoms with E-state index in [1.54, 1.807) is 0 Å². The molecule has 0 aliphatic carbocycles. The van der Waals surface area contributed by atoms with Gasteiger partial charge in [-0.1, -0.05) is 164 Å². The first-order valence-corrected chi connectivity index (χ1v) is 18.6. The van der Waals surface area contributed by atoms with Crippen LogP contribution in [0, 0.1) is 0 Å². The third kappa shape index (κ3) is 5.16. The summed E-state index contributed by atoms with van der Waals surface area (Å²) in [6.45, 7) is 0. The summed E-state index contributed by atoms with van der Waals surface area (Å²) >= 11 is 1.87. The van der Waals surface area contributed by atoms with E-state index in [-0.39, 0.29) is 0 Å². The normalized spacial score (nSPS) is 11.5. The molecule has 0 amide bonds. The lowest BCUT2D eigenvalue weighted by Crippen LogP contribution is -2.11. The molecule has 10 aromatic rings. The van der Waals surface area contributed by atoms with Crippen molar-refractivity contribution in [2.75, 3.05) is 4.90 Å². The zero-order chi connectivity index (χ0) is 34.4. The van der Waals surface area contributed by atoms with Gasteiger partial charge in [0.2, 0.25) is 0 Å². The highest BCUT2D eigenvalue weighted by atomic mass is 32.1. The molecule has 0 bridgehead atoms. The molecule has 0 radical (unpaired) electrons. The highest BCUT2D eigenvalue weighted by Gasteiger charge is 2.21. The minimum atomic E-state index is 1.12. The molecule has 244 valence electrons. The van der Waals surface area contributed by atoms with Crippen LogP contribution in [0.2, 0.25) is 0 Å². The Morgan fingerprint density at radius 1 is 0.327 bits per heavy atom. The van der Waals surface area contributed by atoms with Gasteiger partial charge in [0.05, 0.1) is 16.1 Å². The first-order chi connectivity index (χ1) is 25.8. The van der Waals surface area contributed by atoms with Gasteiger partial charge in [0, 0.05) is 26.7 Å². The maximum absolute atomic E-state index is 2.46. The first-order valence-electron chi connectivity index (χ1n) is 17.8. The fourth-order valence-electron chi connectivity index (χ4n) is 7.80. The summed E-state index contributed by atoms with van der Waals surface area (Å²) in [5.74, 6) is 0. The minimum absolute atomic E-state index is 1.12. The zero-order valence-electron chi connectivity index (χ0n) is 28.4. The monoisotopic (exact) mass is 679 g/mol. The molecule has 0 aliphatic rings. The van der Waals surface area contributed by atoms with Crippen LogP contribution in [0.4, 0.5) is 17.1 Å². The minimum Gasteiger partial charge on any atom is -0.308 e. The zero-order valence-corrected chi connectivity index (χ0v) is 29.2. The number of para-hydroxylation sites is 1. The number of anilines is 3. The van der Waals surface area contributed by atoms with Crippen molar-refractivity contribution in [2.45, 2.75) is 0 Å². The lowest BCUT2D eigenvalue weighted by Gasteiger charge is -2.29. The fraction of sp³-hybridized carbons (Fsp3) is 0. The molecule has 1 aromatic heterocycles. The number of benzene rings is 9. The smallest absolute Gasteiger partial charge is 0.0640 e. The predicted octanol–water partition coefficient (Wildman–Crippen LogP) is 14.8. The molecule has 52 heavy (non-hydrogen) atoms. The molecule has 0 fully saturated rings. The molecular weight excluding hydrogens is 647 g/mol. The van der Waals surface area contributed by atoms with Crippen LogP contribution >= 0.6 is 11.3 Å². The molecule has 0 atom stereocenters. The number of hydrogen-bond donors (Lipinski definition) is 0. The van der Waals surface area contributed by atoms with Crippen molar-refractivity contribution >= 4 is 70.1 Å². The van der Waals surface area contributed by atoms with Crippen molar-refractivity contribution in [1.82, 2.24) is 0 Å². The van der Waals surface area contributed by atoms with Gasteiger partial charge in [-0.25, -0.2) is 0 Å². The number of thiophene rings is 1. The van der Waals surface area contributed by atoms with Crippen molar-refractivity contribution in [3.05, 3.63) is 200 Å². The van der Waals surface area contributed by atoms with E-state index in [0.717, 1.165) is 11.4 Å². The predicted molar refractivity (Wildman–Crippen MR) is 225 cm³/mol. The van der Waals surface area contributed by atoms with Crippen molar-refractivity contribution < 1.29 is 0 Å². The van der Waals surface area contributed by atoms with Gasteiger partial charge in [-0.15, -0.1) is 11.3 Å². The molecule has 9 aromatic carbocycles. The summed E-state index contributed by atoms with van der Waals surface area (Å²) in [6, 6.07) is 72.9. The molecule has 0 saturated carbocycles. The molecule has 0 N–H and O–H groups in total. The Hall–Kier alpha value is -6.48. The van der Waals surface area contributed by atoms with E-state index < -0.39 is 0 Å². The Balaban J connectivity index is 1.16. The van der Waals surface area contributed by atoms with E-state index in [1.807, 2.05) is 11.3 Å². The molecule has 2 heteroatoms. The molecular formula is C50H33NS. The summed E-state index contributed by atoms with van der Waals surface area (Å²) in [5, 5.41) is 7.58. The van der Waals surface area contributed by atoms with Gasteiger partial charge >= 0.3 is 0 Å². The molecule has 10 rings (SSSR count). The van der Waals surface area contributed by atoms with Crippen molar-refractivity contribution in [2.24, 2.45) is 0 Å². The maximum atomic E-state index is 2.46. The second-order valence-electron chi connectivity index (χ2n) is 13.3. The standard InChI is InChI=1S/C50H33NS/c1-2-13-35(14-3-1)41-21-10-17-37-27-28-38(33-46(37)41)34-29-31-39(32-30-34)51(48-25-12-23-45-44-20-7-9-26-49(44)52-50(45)48)47-24-8-6-19-43(47)42-22-11-16-36-15-4-5-18-40(36)42/h1-33H. The molecule has 1 nitrogen and oxygen atoms in total.